The summed E-state index contributed by atoms with van der Waals surface area (Å²) in [4.78, 5) is 22.4. The summed E-state index contributed by atoms with van der Waals surface area (Å²) in [6.07, 6.45) is 6.69. The van der Waals surface area contributed by atoms with Gasteiger partial charge < -0.3 is 10.4 Å². The molecule has 0 saturated carbocycles. The average molecular weight is 239 g/mol. The maximum atomic E-state index is 11.8. The number of carboxylic acid groups (broad SMARTS) is 1. The molecule has 2 unspecified atom stereocenters. The molecule has 2 N–H and O–H groups in total. The molecule has 0 saturated heterocycles. The van der Waals surface area contributed by atoms with Gasteiger partial charge in [0.1, 0.15) is 0 Å². The zero-order valence-electron chi connectivity index (χ0n) is 10.5. The first kappa shape index (κ1) is 13.7. The van der Waals surface area contributed by atoms with E-state index in [1.165, 1.54) is 0 Å². The van der Waals surface area contributed by atoms with E-state index in [1.54, 1.807) is 0 Å². The number of carbonyl (C=O) groups excluding carboxylic acids is 1. The Bertz CT molecular complexity index is 310. The molecular weight excluding hydrogens is 218 g/mol. The summed E-state index contributed by atoms with van der Waals surface area (Å²) in [6.45, 7) is 3.84. The number of aliphatic carboxylic acids is 1. The molecule has 0 heterocycles. The highest BCUT2D eigenvalue weighted by atomic mass is 16.4. The molecule has 1 rings (SSSR count). The highest BCUT2D eigenvalue weighted by Crippen LogP contribution is 2.20. The van der Waals surface area contributed by atoms with Crippen molar-refractivity contribution in [3.8, 4) is 0 Å². The van der Waals surface area contributed by atoms with Gasteiger partial charge >= 0.3 is 5.97 Å². The van der Waals surface area contributed by atoms with Crippen LogP contribution in [-0.2, 0) is 9.59 Å². The van der Waals surface area contributed by atoms with Crippen molar-refractivity contribution in [1.82, 2.24) is 5.32 Å². The Labute approximate surface area is 102 Å². The second-order valence-electron chi connectivity index (χ2n) is 4.99. The molecule has 0 fully saturated rings. The lowest BCUT2D eigenvalue weighted by atomic mass is 9.99. The molecule has 0 radical (unpaired) electrons. The number of rotatable bonds is 6. The van der Waals surface area contributed by atoms with Crippen molar-refractivity contribution in [2.45, 2.75) is 45.6 Å². The number of hydrogen-bond acceptors (Lipinski definition) is 2. The van der Waals surface area contributed by atoms with Gasteiger partial charge in [-0.05, 0) is 24.7 Å². The summed E-state index contributed by atoms with van der Waals surface area (Å²) < 4.78 is 0. The minimum absolute atomic E-state index is 0.0100. The third kappa shape index (κ3) is 5.02. The quantitative estimate of drug-likeness (QED) is 0.696. The SMILES string of the molecule is CC(C)C(CC(=O)O)NC(=O)CC1C=CCC1. The molecule has 96 valence electrons. The van der Waals surface area contributed by atoms with Crippen LogP contribution < -0.4 is 5.32 Å². The first-order valence-electron chi connectivity index (χ1n) is 6.17. The molecular formula is C13H21NO3. The molecule has 4 heteroatoms. The third-order valence-corrected chi connectivity index (χ3v) is 3.11. The number of allylic oxidation sites excluding steroid dienone is 2. The Hall–Kier alpha value is -1.32. The zero-order chi connectivity index (χ0) is 12.8. The standard InChI is InChI=1S/C13H21NO3/c1-9(2)11(8-13(16)17)14-12(15)7-10-5-3-4-6-10/h3,5,9-11H,4,6-8H2,1-2H3,(H,14,15)(H,16,17). The Morgan fingerprint density at radius 3 is 2.65 bits per heavy atom. The van der Waals surface area contributed by atoms with Crippen LogP contribution in [0.25, 0.3) is 0 Å². The third-order valence-electron chi connectivity index (χ3n) is 3.11. The predicted molar refractivity (Wildman–Crippen MR) is 65.5 cm³/mol. The summed E-state index contributed by atoms with van der Waals surface area (Å²) >= 11 is 0. The van der Waals surface area contributed by atoms with Crippen molar-refractivity contribution >= 4 is 11.9 Å². The lowest BCUT2D eigenvalue weighted by Crippen LogP contribution is -2.40. The largest absolute Gasteiger partial charge is 0.481 e. The van der Waals surface area contributed by atoms with Gasteiger partial charge in [-0.2, -0.15) is 0 Å². The zero-order valence-corrected chi connectivity index (χ0v) is 10.5. The minimum atomic E-state index is -0.871. The van der Waals surface area contributed by atoms with Crippen molar-refractivity contribution in [1.29, 1.82) is 0 Å². The predicted octanol–water partition coefficient (Wildman–Crippen LogP) is 1.96. The maximum absolute atomic E-state index is 11.8. The van der Waals surface area contributed by atoms with Gasteiger partial charge in [-0.15, -0.1) is 0 Å². The second-order valence-corrected chi connectivity index (χ2v) is 4.99. The van der Waals surface area contributed by atoms with Gasteiger partial charge in [0.05, 0.1) is 6.42 Å². The van der Waals surface area contributed by atoms with Gasteiger partial charge in [-0.25, -0.2) is 0 Å². The van der Waals surface area contributed by atoms with E-state index in [9.17, 15) is 9.59 Å². The molecule has 0 aromatic rings. The van der Waals surface area contributed by atoms with E-state index in [0.717, 1.165) is 12.8 Å². The fourth-order valence-electron chi connectivity index (χ4n) is 2.01. The second kappa shape index (κ2) is 6.42. The summed E-state index contributed by atoms with van der Waals surface area (Å²) in [5.74, 6) is -0.451. The molecule has 0 bridgehead atoms. The lowest BCUT2D eigenvalue weighted by molar-refractivity contribution is -0.138. The number of carboxylic acids is 1. The Morgan fingerprint density at radius 2 is 2.18 bits per heavy atom. The van der Waals surface area contributed by atoms with Crippen LogP contribution in [0.5, 0.6) is 0 Å². The molecule has 4 nitrogen and oxygen atoms in total. The van der Waals surface area contributed by atoms with Crippen LogP contribution in [0.15, 0.2) is 12.2 Å². The Morgan fingerprint density at radius 1 is 1.47 bits per heavy atom. The van der Waals surface area contributed by atoms with Crippen molar-refractivity contribution < 1.29 is 14.7 Å². The van der Waals surface area contributed by atoms with Crippen LogP contribution >= 0.6 is 0 Å². The van der Waals surface area contributed by atoms with E-state index in [1.807, 2.05) is 13.8 Å². The molecule has 0 aromatic heterocycles. The number of carbonyl (C=O) groups is 2. The van der Waals surface area contributed by atoms with Crippen molar-refractivity contribution in [2.75, 3.05) is 0 Å². The van der Waals surface area contributed by atoms with E-state index < -0.39 is 5.97 Å². The molecule has 1 aliphatic carbocycles. The highest BCUT2D eigenvalue weighted by Gasteiger charge is 2.21. The summed E-state index contributed by atoms with van der Waals surface area (Å²) in [5.41, 5.74) is 0. The first-order valence-corrected chi connectivity index (χ1v) is 6.17. The normalized spacial score (nSPS) is 20.5. The monoisotopic (exact) mass is 239 g/mol. The van der Waals surface area contributed by atoms with E-state index >= 15 is 0 Å². The van der Waals surface area contributed by atoms with Gasteiger partial charge in [0.15, 0.2) is 0 Å². The number of hydrogen-bond donors (Lipinski definition) is 2. The molecule has 1 aliphatic rings. The molecule has 0 spiro atoms. The fourth-order valence-corrected chi connectivity index (χ4v) is 2.01. The topological polar surface area (TPSA) is 66.4 Å². The van der Waals surface area contributed by atoms with E-state index in [-0.39, 0.29) is 24.3 Å². The lowest BCUT2D eigenvalue weighted by Gasteiger charge is -2.21. The molecule has 0 aromatic carbocycles. The molecule has 0 aliphatic heterocycles. The van der Waals surface area contributed by atoms with Crippen molar-refractivity contribution in [2.24, 2.45) is 11.8 Å². The number of amides is 1. The maximum Gasteiger partial charge on any atom is 0.305 e. The van der Waals surface area contributed by atoms with Gasteiger partial charge in [0.25, 0.3) is 0 Å². The Kier molecular flexibility index (Phi) is 5.19. The summed E-state index contributed by atoms with van der Waals surface area (Å²) in [7, 11) is 0. The summed E-state index contributed by atoms with van der Waals surface area (Å²) in [5, 5.41) is 11.6. The van der Waals surface area contributed by atoms with Gasteiger partial charge in [-0.1, -0.05) is 26.0 Å². The highest BCUT2D eigenvalue weighted by molar-refractivity contribution is 5.78. The van der Waals surface area contributed by atoms with Crippen LogP contribution in [-0.4, -0.2) is 23.0 Å². The van der Waals surface area contributed by atoms with Crippen LogP contribution in [0.2, 0.25) is 0 Å². The van der Waals surface area contributed by atoms with Gasteiger partial charge in [-0.3, -0.25) is 9.59 Å². The van der Waals surface area contributed by atoms with Gasteiger partial charge in [0, 0.05) is 12.5 Å². The minimum Gasteiger partial charge on any atom is -0.481 e. The molecule has 1 amide bonds. The molecule has 17 heavy (non-hydrogen) atoms. The fraction of sp³-hybridized carbons (Fsp3) is 0.692. The van der Waals surface area contributed by atoms with Crippen LogP contribution in [0.3, 0.4) is 0 Å². The number of nitrogens with one attached hydrogen (secondary N) is 1. The Balaban J connectivity index is 2.40. The van der Waals surface area contributed by atoms with E-state index in [0.29, 0.717) is 12.3 Å². The van der Waals surface area contributed by atoms with Crippen molar-refractivity contribution in [3.05, 3.63) is 12.2 Å². The first-order chi connectivity index (χ1) is 7.99. The summed E-state index contributed by atoms with van der Waals surface area (Å²) in [6, 6.07) is -0.273. The smallest absolute Gasteiger partial charge is 0.305 e. The molecule has 2 atom stereocenters. The van der Waals surface area contributed by atoms with Crippen molar-refractivity contribution in [3.63, 3.8) is 0 Å². The van der Waals surface area contributed by atoms with Crippen LogP contribution in [0.1, 0.15) is 39.5 Å². The van der Waals surface area contributed by atoms with Gasteiger partial charge in [0.2, 0.25) is 5.91 Å². The average Bonchev–Trinajstić information content (AvgIpc) is 2.68. The van der Waals surface area contributed by atoms with Crippen LogP contribution in [0.4, 0.5) is 0 Å². The van der Waals surface area contributed by atoms with Crippen LogP contribution in [0, 0.1) is 11.8 Å². The van der Waals surface area contributed by atoms with E-state index in [2.05, 4.69) is 17.5 Å². The van der Waals surface area contributed by atoms with E-state index in [4.69, 9.17) is 5.11 Å².